The SMILES string of the molecule is CCCc1nc(CN(C)C)sc1CCC(=O)O. The van der Waals surface area contributed by atoms with E-state index in [1.54, 1.807) is 11.3 Å². The van der Waals surface area contributed by atoms with Gasteiger partial charge >= 0.3 is 5.97 Å². The van der Waals surface area contributed by atoms with Crippen molar-refractivity contribution in [3.8, 4) is 0 Å². The molecule has 17 heavy (non-hydrogen) atoms. The molecule has 0 atom stereocenters. The van der Waals surface area contributed by atoms with Crippen LogP contribution < -0.4 is 0 Å². The Morgan fingerprint density at radius 2 is 2.12 bits per heavy atom. The van der Waals surface area contributed by atoms with Crippen molar-refractivity contribution in [1.29, 1.82) is 0 Å². The highest BCUT2D eigenvalue weighted by Gasteiger charge is 2.12. The van der Waals surface area contributed by atoms with Crippen molar-refractivity contribution in [2.24, 2.45) is 0 Å². The van der Waals surface area contributed by atoms with Crippen molar-refractivity contribution in [1.82, 2.24) is 9.88 Å². The number of thiazole rings is 1. The van der Waals surface area contributed by atoms with Gasteiger partial charge in [-0.15, -0.1) is 11.3 Å². The fraction of sp³-hybridized carbons (Fsp3) is 0.667. The van der Waals surface area contributed by atoms with Gasteiger partial charge in [0.25, 0.3) is 0 Å². The second kappa shape index (κ2) is 6.71. The van der Waals surface area contributed by atoms with E-state index in [-0.39, 0.29) is 6.42 Å². The van der Waals surface area contributed by atoms with Crippen LogP contribution in [0.4, 0.5) is 0 Å². The molecule has 0 saturated heterocycles. The Morgan fingerprint density at radius 1 is 1.41 bits per heavy atom. The lowest BCUT2D eigenvalue weighted by Gasteiger charge is -2.04. The molecule has 1 heterocycles. The molecule has 0 unspecified atom stereocenters. The van der Waals surface area contributed by atoms with Crippen LogP contribution in [0.1, 0.15) is 35.3 Å². The maximum absolute atomic E-state index is 10.6. The van der Waals surface area contributed by atoms with Crippen molar-refractivity contribution < 1.29 is 9.90 Å². The third-order valence-corrected chi connectivity index (χ3v) is 3.47. The molecule has 4 nitrogen and oxygen atoms in total. The minimum Gasteiger partial charge on any atom is -0.481 e. The van der Waals surface area contributed by atoms with E-state index < -0.39 is 5.97 Å². The number of aryl methyl sites for hydroxylation is 2. The molecule has 0 bridgehead atoms. The molecule has 0 spiro atoms. The minimum atomic E-state index is -0.741. The Bertz CT molecular complexity index is 375. The average molecular weight is 256 g/mol. The standard InChI is InChI=1S/C12H20N2O2S/c1-4-5-9-10(6-7-12(15)16)17-11(13-9)8-14(2)3/h4-8H2,1-3H3,(H,15,16). The summed E-state index contributed by atoms with van der Waals surface area (Å²) in [5, 5.41) is 9.81. The summed E-state index contributed by atoms with van der Waals surface area (Å²) in [6.07, 6.45) is 2.79. The predicted octanol–water partition coefficient (Wildman–Crippen LogP) is 2.17. The fourth-order valence-electron chi connectivity index (χ4n) is 1.62. The average Bonchev–Trinajstić information content (AvgIpc) is 2.57. The van der Waals surface area contributed by atoms with Crippen LogP contribution in [-0.4, -0.2) is 35.1 Å². The van der Waals surface area contributed by atoms with Crippen LogP contribution in [0.15, 0.2) is 0 Å². The van der Waals surface area contributed by atoms with Gasteiger partial charge < -0.3 is 10.0 Å². The Labute approximate surface area is 106 Å². The normalized spacial score (nSPS) is 11.1. The Kier molecular flexibility index (Phi) is 5.58. The molecule has 5 heteroatoms. The van der Waals surface area contributed by atoms with Gasteiger partial charge in [0, 0.05) is 11.4 Å². The molecule has 0 aliphatic heterocycles. The van der Waals surface area contributed by atoms with E-state index in [4.69, 9.17) is 5.11 Å². The molecule has 0 amide bonds. The van der Waals surface area contributed by atoms with Gasteiger partial charge in [0.05, 0.1) is 12.1 Å². The first-order valence-corrected chi connectivity index (χ1v) is 6.68. The third-order valence-electron chi connectivity index (χ3n) is 2.33. The zero-order valence-electron chi connectivity index (χ0n) is 10.7. The smallest absolute Gasteiger partial charge is 0.303 e. The molecule has 96 valence electrons. The Morgan fingerprint density at radius 3 is 2.65 bits per heavy atom. The lowest BCUT2D eigenvalue weighted by atomic mass is 10.2. The summed E-state index contributed by atoms with van der Waals surface area (Å²) >= 11 is 1.65. The van der Waals surface area contributed by atoms with Crippen molar-refractivity contribution in [2.45, 2.75) is 39.2 Å². The van der Waals surface area contributed by atoms with E-state index in [9.17, 15) is 4.79 Å². The van der Waals surface area contributed by atoms with E-state index in [1.165, 1.54) is 0 Å². The summed E-state index contributed by atoms with van der Waals surface area (Å²) in [5.74, 6) is -0.741. The number of carboxylic acids is 1. The lowest BCUT2D eigenvalue weighted by molar-refractivity contribution is -0.136. The van der Waals surface area contributed by atoms with Crippen LogP contribution in [0.2, 0.25) is 0 Å². The van der Waals surface area contributed by atoms with Gasteiger partial charge in [-0.05, 0) is 26.9 Å². The minimum absolute atomic E-state index is 0.195. The first-order valence-electron chi connectivity index (χ1n) is 5.87. The lowest BCUT2D eigenvalue weighted by Crippen LogP contribution is -2.10. The number of aliphatic carboxylic acids is 1. The van der Waals surface area contributed by atoms with Gasteiger partial charge in [0.15, 0.2) is 0 Å². The number of carbonyl (C=O) groups is 1. The number of carboxylic acid groups (broad SMARTS) is 1. The van der Waals surface area contributed by atoms with Crippen LogP contribution in [-0.2, 0) is 24.2 Å². The number of aromatic nitrogens is 1. The maximum Gasteiger partial charge on any atom is 0.303 e. The quantitative estimate of drug-likeness (QED) is 0.812. The molecular formula is C12H20N2O2S. The Hall–Kier alpha value is -0.940. The molecule has 0 aromatic carbocycles. The summed E-state index contributed by atoms with van der Waals surface area (Å²) in [5.41, 5.74) is 1.09. The van der Waals surface area contributed by atoms with E-state index >= 15 is 0 Å². The number of hydrogen-bond donors (Lipinski definition) is 1. The second-order valence-electron chi connectivity index (χ2n) is 4.36. The van der Waals surface area contributed by atoms with Crippen LogP contribution in [0, 0.1) is 0 Å². The highest BCUT2D eigenvalue weighted by atomic mass is 32.1. The van der Waals surface area contributed by atoms with Crippen molar-refractivity contribution in [2.75, 3.05) is 14.1 Å². The molecule has 0 fully saturated rings. The number of hydrogen-bond acceptors (Lipinski definition) is 4. The van der Waals surface area contributed by atoms with Gasteiger partial charge in [0.2, 0.25) is 0 Å². The highest BCUT2D eigenvalue weighted by molar-refractivity contribution is 7.11. The Balaban J connectivity index is 2.76. The van der Waals surface area contributed by atoms with Crippen molar-refractivity contribution >= 4 is 17.3 Å². The van der Waals surface area contributed by atoms with Gasteiger partial charge in [-0.1, -0.05) is 13.3 Å². The largest absolute Gasteiger partial charge is 0.481 e. The summed E-state index contributed by atoms with van der Waals surface area (Å²) in [7, 11) is 4.02. The molecule has 0 aliphatic rings. The summed E-state index contributed by atoms with van der Waals surface area (Å²) in [6.45, 7) is 2.94. The van der Waals surface area contributed by atoms with Gasteiger partial charge in [-0.3, -0.25) is 4.79 Å². The zero-order valence-corrected chi connectivity index (χ0v) is 11.5. The highest BCUT2D eigenvalue weighted by Crippen LogP contribution is 2.22. The molecule has 1 rings (SSSR count). The third kappa shape index (κ3) is 4.83. The van der Waals surface area contributed by atoms with Crippen LogP contribution >= 0.6 is 11.3 Å². The first-order chi connectivity index (χ1) is 8.02. The van der Waals surface area contributed by atoms with Gasteiger partial charge in [0.1, 0.15) is 5.01 Å². The summed E-state index contributed by atoms with van der Waals surface area (Å²) < 4.78 is 0. The van der Waals surface area contributed by atoms with E-state index in [0.29, 0.717) is 6.42 Å². The van der Waals surface area contributed by atoms with Crippen LogP contribution in [0.3, 0.4) is 0 Å². The molecule has 1 aromatic rings. The molecule has 0 aliphatic carbocycles. The summed E-state index contributed by atoms with van der Waals surface area (Å²) in [6, 6.07) is 0. The fourth-order valence-corrected chi connectivity index (χ4v) is 2.86. The van der Waals surface area contributed by atoms with Crippen molar-refractivity contribution in [3.05, 3.63) is 15.6 Å². The molecular weight excluding hydrogens is 236 g/mol. The van der Waals surface area contributed by atoms with Crippen LogP contribution in [0.5, 0.6) is 0 Å². The van der Waals surface area contributed by atoms with E-state index in [1.807, 2.05) is 14.1 Å². The van der Waals surface area contributed by atoms with Crippen LogP contribution in [0.25, 0.3) is 0 Å². The summed E-state index contributed by atoms with van der Waals surface area (Å²) in [4.78, 5) is 18.4. The predicted molar refractivity (Wildman–Crippen MR) is 69.5 cm³/mol. The zero-order chi connectivity index (χ0) is 12.8. The van der Waals surface area contributed by atoms with E-state index in [0.717, 1.165) is 35.0 Å². The second-order valence-corrected chi connectivity index (χ2v) is 5.53. The number of nitrogens with zero attached hydrogens (tertiary/aromatic N) is 2. The monoisotopic (exact) mass is 256 g/mol. The number of rotatable bonds is 7. The van der Waals surface area contributed by atoms with Gasteiger partial charge in [-0.25, -0.2) is 4.98 Å². The van der Waals surface area contributed by atoms with E-state index in [2.05, 4.69) is 16.8 Å². The maximum atomic E-state index is 10.6. The molecule has 1 aromatic heterocycles. The topological polar surface area (TPSA) is 53.4 Å². The molecule has 0 radical (unpaired) electrons. The molecule has 1 N–H and O–H groups in total. The first kappa shape index (κ1) is 14.1. The molecule has 0 saturated carbocycles. The van der Waals surface area contributed by atoms with Crippen molar-refractivity contribution in [3.63, 3.8) is 0 Å². The van der Waals surface area contributed by atoms with Gasteiger partial charge in [-0.2, -0.15) is 0 Å².